The summed E-state index contributed by atoms with van der Waals surface area (Å²) in [5.74, 6) is 0. The summed E-state index contributed by atoms with van der Waals surface area (Å²) in [6, 6.07) is 44.7. The van der Waals surface area contributed by atoms with E-state index in [0.717, 1.165) is 0 Å². The molecule has 0 aliphatic heterocycles. The van der Waals surface area contributed by atoms with Crippen LogP contribution in [0, 0.1) is 0 Å². The third kappa shape index (κ3) is 3.97. The zero-order chi connectivity index (χ0) is 18.4. The predicted octanol–water partition coefficient (Wildman–Crippen LogP) is 3.14. The molecule has 132 valence electrons. The minimum atomic E-state index is -2.54. The van der Waals surface area contributed by atoms with Crippen molar-refractivity contribution in [3.63, 3.8) is 0 Å². The number of hydrogen-bond acceptors (Lipinski definition) is 0. The molecule has 4 aromatic rings. The third-order valence-corrected chi connectivity index (χ3v) is 20.2. The summed E-state index contributed by atoms with van der Waals surface area (Å²) in [5, 5.41) is 0. The second-order valence-corrected chi connectivity index (χ2v) is 18.0. The van der Waals surface area contributed by atoms with Gasteiger partial charge in [-0.3, -0.25) is 0 Å². The Kier molecular flexibility index (Phi) is 5.95. The van der Waals surface area contributed by atoms with Crippen molar-refractivity contribution in [1.82, 2.24) is 0 Å². The maximum absolute atomic E-state index is 2.54. The van der Waals surface area contributed by atoms with Crippen molar-refractivity contribution in [3.05, 3.63) is 121 Å². The van der Waals surface area contributed by atoms with E-state index in [2.05, 4.69) is 121 Å². The Balaban J connectivity index is 1.89. The molecule has 0 fully saturated rings. The molecule has 0 spiro atoms. The Bertz CT molecular complexity index is 857. The molecule has 0 aromatic heterocycles. The summed E-state index contributed by atoms with van der Waals surface area (Å²) < 4.78 is 7.34. The molecule has 4 rings (SSSR count). The van der Waals surface area contributed by atoms with Crippen LogP contribution >= 0.6 is 0 Å². The summed E-state index contributed by atoms with van der Waals surface area (Å²) in [7, 11) is 0. The summed E-state index contributed by atoms with van der Waals surface area (Å²) in [5.41, 5.74) is 0. The second-order valence-electron chi connectivity index (χ2n) is 6.40. The van der Waals surface area contributed by atoms with Crippen molar-refractivity contribution >= 4 is 46.0 Å². The van der Waals surface area contributed by atoms with Crippen molar-refractivity contribution in [3.8, 4) is 0 Å². The van der Waals surface area contributed by atoms with Gasteiger partial charge in [-0.2, -0.15) is 0 Å². The third-order valence-electron chi connectivity index (χ3n) is 4.76. The van der Waals surface area contributed by atoms with E-state index in [-0.39, 0.29) is 0 Å². The topological polar surface area (TPSA) is 0 Å². The van der Waals surface area contributed by atoms with Gasteiger partial charge in [-0.1, -0.05) is 0 Å². The van der Waals surface area contributed by atoms with Gasteiger partial charge >= 0.3 is 171 Å². The summed E-state index contributed by atoms with van der Waals surface area (Å²) in [6.45, 7) is 0. The first kappa shape index (κ1) is 18.3. The van der Waals surface area contributed by atoms with E-state index in [0.29, 0.717) is 15.0 Å². The zero-order valence-electron chi connectivity index (χ0n) is 15.1. The molecule has 0 atom stereocenters. The van der Waals surface area contributed by atoms with Crippen LogP contribution in [0.3, 0.4) is 0 Å². The molecule has 0 N–H and O–H groups in total. The summed E-state index contributed by atoms with van der Waals surface area (Å²) in [6.07, 6.45) is 0. The van der Waals surface area contributed by atoms with E-state index < -0.39 is 13.6 Å². The first-order valence-electron chi connectivity index (χ1n) is 9.12. The Morgan fingerprint density at radius 3 is 1.15 bits per heavy atom. The predicted molar refractivity (Wildman–Crippen MR) is 121 cm³/mol. The van der Waals surface area contributed by atoms with Crippen LogP contribution in [0.2, 0.25) is 4.11 Å². The van der Waals surface area contributed by atoms with E-state index in [1.54, 1.807) is 0 Å². The Morgan fingerprint density at radius 2 is 0.778 bits per heavy atom. The number of hydrogen-bond donors (Lipinski definition) is 0. The number of rotatable bonds is 6. The minimum absolute atomic E-state index is 0.440. The van der Waals surface area contributed by atoms with E-state index in [1.165, 1.54) is 21.6 Å². The van der Waals surface area contributed by atoms with Gasteiger partial charge in [-0.15, -0.1) is 0 Å². The average molecular weight is 476 g/mol. The number of benzene rings is 4. The molecule has 0 amide bonds. The van der Waals surface area contributed by atoms with Gasteiger partial charge in [-0.05, 0) is 0 Å². The fourth-order valence-corrected chi connectivity index (χ4v) is 20.6. The van der Waals surface area contributed by atoms with Gasteiger partial charge in [0, 0.05) is 0 Å². The van der Waals surface area contributed by atoms with Crippen LogP contribution < -0.4 is 17.5 Å². The van der Waals surface area contributed by atoms with Crippen LogP contribution in [0.15, 0.2) is 121 Å². The van der Waals surface area contributed by atoms with E-state index in [9.17, 15) is 0 Å². The second kappa shape index (κ2) is 8.76. The molecular formula is C25H22AsSe+. The first-order valence-corrected chi connectivity index (χ1v) is 15.3. The Hall–Kier alpha value is -2.04. The van der Waals surface area contributed by atoms with Crippen LogP contribution in [0.5, 0.6) is 0 Å². The van der Waals surface area contributed by atoms with Crippen molar-refractivity contribution in [2.75, 3.05) is 0 Å². The van der Waals surface area contributed by atoms with Crippen molar-refractivity contribution in [2.45, 2.75) is 4.11 Å². The zero-order valence-corrected chi connectivity index (χ0v) is 18.7. The molecule has 0 aliphatic carbocycles. The van der Waals surface area contributed by atoms with E-state index in [1.807, 2.05) is 0 Å². The van der Waals surface area contributed by atoms with Gasteiger partial charge < -0.3 is 0 Å². The van der Waals surface area contributed by atoms with Crippen LogP contribution in [0.4, 0.5) is 0 Å². The maximum atomic E-state index is 2.36. The van der Waals surface area contributed by atoms with Gasteiger partial charge in [-0.25, -0.2) is 0 Å². The average Bonchev–Trinajstić information content (AvgIpc) is 2.77. The molecule has 0 saturated heterocycles. The van der Waals surface area contributed by atoms with Crippen LogP contribution in [-0.2, 0) is 0 Å². The monoisotopic (exact) mass is 477 g/mol. The van der Waals surface area contributed by atoms with E-state index in [4.69, 9.17) is 0 Å². The molecule has 0 nitrogen and oxygen atoms in total. The van der Waals surface area contributed by atoms with Gasteiger partial charge in [0.05, 0.1) is 0 Å². The van der Waals surface area contributed by atoms with Crippen molar-refractivity contribution < 1.29 is 0 Å². The SMILES string of the molecule is c1ccc([Se]C[As+](c2ccccc2)(c2ccccc2)c2ccccc2)cc1. The van der Waals surface area contributed by atoms with Gasteiger partial charge in [0.25, 0.3) is 0 Å². The summed E-state index contributed by atoms with van der Waals surface area (Å²) >= 11 is -2.10. The van der Waals surface area contributed by atoms with Crippen LogP contribution in [-0.4, -0.2) is 28.5 Å². The molecule has 2 heteroatoms. The van der Waals surface area contributed by atoms with Crippen molar-refractivity contribution in [2.24, 2.45) is 0 Å². The molecule has 0 aliphatic rings. The standard InChI is InChI=1S/C25H22AsSe/c1-5-13-22(14-6-1)26(23-15-7-2-8-16-23,24-17-9-3-10-18-24)21-27-25-19-11-4-12-20-25/h1-20H,21H2/q+1. The van der Waals surface area contributed by atoms with E-state index >= 15 is 0 Å². The fraction of sp³-hybridized carbons (Fsp3) is 0.0400. The van der Waals surface area contributed by atoms with Gasteiger partial charge in [0.1, 0.15) is 0 Å². The van der Waals surface area contributed by atoms with Gasteiger partial charge in [0.15, 0.2) is 0 Å². The molecule has 0 bridgehead atoms. The Labute approximate surface area is 170 Å². The summed E-state index contributed by atoms with van der Waals surface area (Å²) in [4.78, 5) is 0. The van der Waals surface area contributed by atoms with Crippen molar-refractivity contribution in [1.29, 1.82) is 0 Å². The van der Waals surface area contributed by atoms with Gasteiger partial charge in [0.2, 0.25) is 0 Å². The fourth-order valence-electron chi connectivity index (χ4n) is 3.41. The molecular weight excluding hydrogens is 454 g/mol. The Morgan fingerprint density at radius 1 is 0.444 bits per heavy atom. The normalized spacial score (nSPS) is 11.3. The first-order chi connectivity index (χ1) is 13.4. The van der Waals surface area contributed by atoms with Crippen LogP contribution in [0.1, 0.15) is 0 Å². The van der Waals surface area contributed by atoms with Crippen LogP contribution in [0.25, 0.3) is 0 Å². The molecule has 4 aromatic carbocycles. The quantitative estimate of drug-likeness (QED) is 0.376. The molecule has 0 heterocycles. The molecule has 27 heavy (non-hydrogen) atoms. The molecule has 0 saturated carbocycles. The molecule has 0 unspecified atom stereocenters. The molecule has 0 radical (unpaired) electrons.